The molecule has 0 saturated carbocycles. The summed E-state index contributed by atoms with van der Waals surface area (Å²) in [7, 11) is 1.21. The third-order valence-electron chi connectivity index (χ3n) is 1.97. The lowest BCUT2D eigenvalue weighted by Gasteiger charge is -2.09. The molecule has 1 unspecified atom stereocenters. The molecule has 0 radical (unpaired) electrons. The van der Waals surface area contributed by atoms with E-state index in [1.54, 1.807) is 0 Å². The number of phenols is 1. The van der Waals surface area contributed by atoms with Crippen molar-refractivity contribution >= 4 is 5.97 Å². The maximum Gasteiger partial charge on any atom is 0.322 e. The molecule has 3 N–H and O–H groups in total. The summed E-state index contributed by atoms with van der Waals surface area (Å²) < 4.78 is 17.6. The largest absolute Gasteiger partial charge is 0.508 e. The molecule has 1 aromatic rings. The first-order chi connectivity index (χ1) is 7.04. The van der Waals surface area contributed by atoms with Crippen LogP contribution in [0.2, 0.25) is 0 Å². The van der Waals surface area contributed by atoms with Crippen molar-refractivity contribution in [3.05, 3.63) is 29.6 Å². The second kappa shape index (κ2) is 4.75. The number of phenolic OH excluding ortho intramolecular Hbond substituents is 1. The summed E-state index contributed by atoms with van der Waals surface area (Å²) in [4.78, 5) is 11.0. The molecule has 0 aliphatic heterocycles. The third-order valence-corrected chi connectivity index (χ3v) is 1.97. The summed E-state index contributed by atoms with van der Waals surface area (Å²) in [5.74, 6) is -1.19. The van der Waals surface area contributed by atoms with Crippen molar-refractivity contribution in [3.63, 3.8) is 0 Å². The van der Waals surface area contributed by atoms with Crippen LogP contribution in [0, 0.1) is 5.82 Å². The van der Waals surface area contributed by atoms with E-state index in [1.165, 1.54) is 19.2 Å². The molecule has 5 heteroatoms. The number of halogens is 1. The predicted octanol–water partition coefficient (Wildman–Crippen LogP) is 0.574. The van der Waals surface area contributed by atoms with Crippen LogP contribution in [-0.2, 0) is 16.0 Å². The molecule has 4 nitrogen and oxygen atoms in total. The van der Waals surface area contributed by atoms with E-state index in [9.17, 15) is 9.18 Å². The van der Waals surface area contributed by atoms with Gasteiger partial charge in [0.25, 0.3) is 0 Å². The third kappa shape index (κ3) is 2.92. The number of rotatable bonds is 3. The second-order valence-corrected chi connectivity index (χ2v) is 3.11. The van der Waals surface area contributed by atoms with E-state index in [1.807, 2.05) is 0 Å². The first-order valence-corrected chi connectivity index (χ1v) is 4.35. The lowest BCUT2D eigenvalue weighted by Crippen LogP contribution is -2.33. The fraction of sp³-hybridized carbons (Fsp3) is 0.300. The minimum absolute atomic E-state index is 0.00704. The zero-order chi connectivity index (χ0) is 11.4. The van der Waals surface area contributed by atoms with E-state index in [-0.39, 0.29) is 17.7 Å². The Morgan fingerprint density at radius 2 is 2.33 bits per heavy atom. The SMILES string of the molecule is COC(=O)C(N)Cc1cc(O)ccc1F. The fourth-order valence-electron chi connectivity index (χ4n) is 1.19. The molecular weight excluding hydrogens is 201 g/mol. The Kier molecular flexibility index (Phi) is 3.62. The summed E-state index contributed by atoms with van der Waals surface area (Å²) >= 11 is 0. The van der Waals surface area contributed by atoms with Gasteiger partial charge in [0, 0.05) is 6.42 Å². The molecule has 0 aromatic heterocycles. The van der Waals surface area contributed by atoms with Gasteiger partial charge < -0.3 is 15.6 Å². The second-order valence-electron chi connectivity index (χ2n) is 3.11. The van der Waals surface area contributed by atoms with E-state index in [4.69, 9.17) is 10.8 Å². The van der Waals surface area contributed by atoms with Crippen LogP contribution in [0.3, 0.4) is 0 Å². The number of hydrogen-bond acceptors (Lipinski definition) is 4. The number of aromatic hydroxyl groups is 1. The van der Waals surface area contributed by atoms with Gasteiger partial charge in [-0.05, 0) is 23.8 Å². The van der Waals surface area contributed by atoms with E-state index in [2.05, 4.69) is 4.74 Å². The Morgan fingerprint density at radius 1 is 1.67 bits per heavy atom. The van der Waals surface area contributed by atoms with Gasteiger partial charge in [-0.3, -0.25) is 4.79 Å². The van der Waals surface area contributed by atoms with Gasteiger partial charge in [0.1, 0.15) is 17.6 Å². The van der Waals surface area contributed by atoms with Crippen molar-refractivity contribution in [1.82, 2.24) is 0 Å². The van der Waals surface area contributed by atoms with Gasteiger partial charge in [0.05, 0.1) is 7.11 Å². The zero-order valence-corrected chi connectivity index (χ0v) is 8.24. The molecule has 0 aliphatic rings. The Balaban J connectivity index is 2.80. The van der Waals surface area contributed by atoms with Gasteiger partial charge in [-0.2, -0.15) is 0 Å². The summed E-state index contributed by atoms with van der Waals surface area (Å²) in [5, 5.41) is 9.12. The molecule has 82 valence electrons. The Morgan fingerprint density at radius 3 is 2.93 bits per heavy atom. The monoisotopic (exact) mass is 213 g/mol. The number of nitrogens with two attached hydrogens (primary N) is 1. The van der Waals surface area contributed by atoms with Crippen LogP contribution in [0.5, 0.6) is 5.75 Å². The van der Waals surface area contributed by atoms with Gasteiger partial charge >= 0.3 is 5.97 Å². The van der Waals surface area contributed by atoms with Crippen molar-refractivity contribution < 1.29 is 19.0 Å². The lowest BCUT2D eigenvalue weighted by molar-refractivity contribution is -0.142. The molecule has 0 heterocycles. The van der Waals surface area contributed by atoms with Crippen LogP contribution in [0.15, 0.2) is 18.2 Å². The van der Waals surface area contributed by atoms with Gasteiger partial charge in [-0.25, -0.2) is 4.39 Å². The number of esters is 1. The topological polar surface area (TPSA) is 72.5 Å². The minimum atomic E-state index is -0.925. The Labute approximate surface area is 86.5 Å². The van der Waals surface area contributed by atoms with Crippen molar-refractivity contribution in [2.24, 2.45) is 5.73 Å². The molecule has 0 fully saturated rings. The number of ether oxygens (including phenoxy) is 1. The first-order valence-electron chi connectivity index (χ1n) is 4.35. The fourth-order valence-corrected chi connectivity index (χ4v) is 1.19. The predicted molar refractivity (Wildman–Crippen MR) is 51.8 cm³/mol. The smallest absolute Gasteiger partial charge is 0.322 e. The highest BCUT2D eigenvalue weighted by atomic mass is 19.1. The molecule has 0 aliphatic carbocycles. The number of carbonyl (C=O) groups excluding carboxylic acids is 1. The van der Waals surface area contributed by atoms with E-state index in [0.717, 1.165) is 6.07 Å². The highest BCUT2D eigenvalue weighted by molar-refractivity contribution is 5.75. The van der Waals surface area contributed by atoms with Crippen LogP contribution in [0.4, 0.5) is 4.39 Å². The lowest BCUT2D eigenvalue weighted by atomic mass is 10.1. The van der Waals surface area contributed by atoms with Gasteiger partial charge in [0.2, 0.25) is 0 Å². The van der Waals surface area contributed by atoms with Crippen LogP contribution < -0.4 is 5.73 Å². The molecule has 1 rings (SSSR count). The Bertz CT molecular complexity index is 368. The average Bonchev–Trinajstić information content (AvgIpc) is 2.22. The molecule has 0 spiro atoms. The highest BCUT2D eigenvalue weighted by Crippen LogP contribution is 2.16. The van der Waals surface area contributed by atoms with Gasteiger partial charge in [-0.1, -0.05) is 0 Å². The van der Waals surface area contributed by atoms with Crippen molar-refractivity contribution in [2.75, 3.05) is 7.11 Å². The number of benzene rings is 1. The number of hydrogen-bond donors (Lipinski definition) is 2. The normalized spacial score (nSPS) is 12.2. The first kappa shape index (κ1) is 11.5. The van der Waals surface area contributed by atoms with Crippen LogP contribution in [0.25, 0.3) is 0 Å². The van der Waals surface area contributed by atoms with Gasteiger partial charge in [0.15, 0.2) is 0 Å². The average molecular weight is 213 g/mol. The molecular formula is C10H12FNO3. The summed E-state index contributed by atoms with van der Waals surface area (Å²) in [5.41, 5.74) is 5.64. The number of methoxy groups -OCH3 is 1. The molecule has 0 saturated heterocycles. The Hall–Kier alpha value is -1.62. The van der Waals surface area contributed by atoms with Gasteiger partial charge in [-0.15, -0.1) is 0 Å². The molecule has 1 aromatic carbocycles. The quantitative estimate of drug-likeness (QED) is 0.720. The summed E-state index contributed by atoms with van der Waals surface area (Å²) in [6.07, 6.45) is -0.00704. The van der Waals surface area contributed by atoms with Crippen molar-refractivity contribution in [3.8, 4) is 5.75 Å². The minimum Gasteiger partial charge on any atom is -0.508 e. The van der Waals surface area contributed by atoms with E-state index >= 15 is 0 Å². The zero-order valence-electron chi connectivity index (χ0n) is 8.24. The van der Waals surface area contributed by atoms with Crippen LogP contribution in [-0.4, -0.2) is 24.2 Å². The molecule has 15 heavy (non-hydrogen) atoms. The maximum absolute atomic E-state index is 13.2. The van der Waals surface area contributed by atoms with Crippen LogP contribution in [0.1, 0.15) is 5.56 Å². The highest BCUT2D eigenvalue weighted by Gasteiger charge is 2.16. The van der Waals surface area contributed by atoms with Crippen molar-refractivity contribution in [1.29, 1.82) is 0 Å². The molecule has 1 atom stereocenters. The van der Waals surface area contributed by atoms with E-state index < -0.39 is 17.8 Å². The molecule has 0 bridgehead atoms. The standard InChI is InChI=1S/C10H12FNO3/c1-15-10(14)9(12)5-6-4-7(13)2-3-8(6)11/h2-4,9,13H,5,12H2,1H3. The molecule has 0 amide bonds. The maximum atomic E-state index is 13.2. The van der Waals surface area contributed by atoms with Crippen molar-refractivity contribution in [2.45, 2.75) is 12.5 Å². The van der Waals surface area contributed by atoms with E-state index in [0.29, 0.717) is 0 Å². The number of carbonyl (C=O) groups is 1. The summed E-state index contributed by atoms with van der Waals surface area (Å²) in [6.45, 7) is 0. The summed E-state index contributed by atoms with van der Waals surface area (Å²) in [6, 6.07) is 2.65. The van der Waals surface area contributed by atoms with Crippen LogP contribution >= 0.6 is 0 Å².